The van der Waals surface area contributed by atoms with Crippen molar-refractivity contribution in [3.63, 3.8) is 0 Å². The fourth-order valence-electron chi connectivity index (χ4n) is 5.10. The minimum atomic E-state index is -3.78. The SMILES string of the molecule is CCCn1c(=O)n2cnnc2c2[nH]c(-c3cc(S(=O)(=O)N4CCN(CCOCC)CC4)ccc3OCC)c(Cl)c21. The number of ether oxygens (including phenoxy) is 2. The first-order valence-corrected chi connectivity index (χ1v) is 15.3. The maximum Gasteiger partial charge on any atom is 0.335 e. The zero-order valence-corrected chi connectivity index (χ0v) is 24.5. The molecular formula is C26H34ClN7O5S. The van der Waals surface area contributed by atoms with E-state index in [1.54, 1.807) is 22.8 Å². The van der Waals surface area contributed by atoms with Gasteiger partial charge in [-0.3, -0.25) is 9.47 Å². The normalized spacial score (nSPS) is 15.4. The van der Waals surface area contributed by atoms with Gasteiger partial charge < -0.3 is 14.5 Å². The van der Waals surface area contributed by atoms with Gasteiger partial charge in [0, 0.05) is 51.4 Å². The summed E-state index contributed by atoms with van der Waals surface area (Å²) in [6.07, 6.45) is 2.07. The van der Waals surface area contributed by atoms with E-state index in [2.05, 4.69) is 20.1 Å². The molecule has 12 nitrogen and oxygen atoms in total. The first-order valence-electron chi connectivity index (χ1n) is 13.5. The summed E-state index contributed by atoms with van der Waals surface area (Å²) < 4.78 is 43.2. The quantitative estimate of drug-likeness (QED) is 0.264. The molecule has 0 radical (unpaired) electrons. The molecule has 0 unspecified atom stereocenters. The maximum atomic E-state index is 13.7. The molecule has 14 heteroatoms. The summed E-state index contributed by atoms with van der Waals surface area (Å²) in [5, 5.41) is 8.32. The molecule has 1 fully saturated rings. The van der Waals surface area contributed by atoms with Crippen LogP contribution in [0.25, 0.3) is 27.9 Å². The van der Waals surface area contributed by atoms with Crippen LogP contribution in [0.2, 0.25) is 5.02 Å². The molecule has 0 aliphatic carbocycles. The molecule has 5 rings (SSSR count). The number of sulfonamides is 1. The Hall–Kier alpha value is -2.97. The summed E-state index contributed by atoms with van der Waals surface area (Å²) in [5.74, 6) is 0.470. The second-order valence-corrected chi connectivity index (χ2v) is 11.8. The first-order chi connectivity index (χ1) is 19.3. The van der Waals surface area contributed by atoms with E-state index in [1.807, 2.05) is 20.8 Å². The highest BCUT2D eigenvalue weighted by molar-refractivity contribution is 7.89. The topological polar surface area (TPSA) is 127 Å². The van der Waals surface area contributed by atoms with Crippen LogP contribution in [-0.2, 0) is 21.3 Å². The maximum absolute atomic E-state index is 13.7. The van der Waals surface area contributed by atoms with Crippen LogP contribution in [0.15, 0.2) is 34.2 Å². The van der Waals surface area contributed by atoms with Gasteiger partial charge in [0.1, 0.15) is 17.6 Å². The second-order valence-electron chi connectivity index (χ2n) is 9.53. The van der Waals surface area contributed by atoms with Gasteiger partial charge in [-0.15, -0.1) is 10.2 Å². The third kappa shape index (κ3) is 5.12. The molecule has 40 heavy (non-hydrogen) atoms. The summed E-state index contributed by atoms with van der Waals surface area (Å²) in [6, 6.07) is 4.80. The fraction of sp³-hybridized carbons (Fsp3) is 0.500. The van der Waals surface area contributed by atoms with Crippen molar-refractivity contribution in [1.82, 2.24) is 33.4 Å². The number of fused-ring (bicyclic) bond motifs is 3. The van der Waals surface area contributed by atoms with Gasteiger partial charge in [-0.05, 0) is 38.5 Å². The van der Waals surface area contributed by atoms with Gasteiger partial charge in [0.15, 0.2) is 5.65 Å². The minimum absolute atomic E-state index is 0.141. The average Bonchev–Trinajstić information content (AvgIpc) is 3.57. The van der Waals surface area contributed by atoms with Crippen LogP contribution < -0.4 is 10.4 Å². The van der Waals surface area contributed by atoms with Gasteiger partial charge in [0.2, 0.25) is 10.0 Å². The monoisotopic (exact) mass is 591 g/mol. The first kappa shape index (κ1) is 28.6. The van der Waals surface area contributed by atoms with E-state index in [0.717, 1.165) is 6.54 Å². The number of benzene rings is 1. The summed E-state index contributed by atoms with van der Waals surface area (Å²) in [5.41, 5.74) is 1.98. The molecule has 1 aromatic carbocycles. The van der Waals surface area contributed by atoms with E-state index in [-0.39, 0.29) is 15.6 Å². The van der Waals surface area contributed by atoms with Gasteiger partial charge in [0.25, 0.3) is 0 Å². The Balaban J connectivity index is 1.57. The van der Waals surface area contributed by atoms with Crippen LogP contribution >= 0.6 is 11.6 Å². The third-order valence-electron chi connectivity index (χ3n) is 7.08. The molecule has 1 saturated heterocycles. The fourth-order valence-corrected chi connectivity index (χ4v) is 6.89. The number of aromatic nitrogens is 5. The lowest BCUT2D eigenvalue weighted by molar-refractivity contribution is 0.0979. The largest absolute Gasteiger partial charge is 0.493 e. The number of aryl methyl sites for hydroxylation is 1. The van der Waals surface area contributed by atoms with E-state index in [9.17, 15) is 13.2 Å². The van der Waals surface area contributed by atoms with E-state index in [1.165, 1.54) is 15.0 Å². The number of H-pyrrole nitrogens is 1. The zero-order chi connectivity index (χ0) is 28.4. The van der Waals surface area contributed by atoms with Crippen molar-refractivity contribution in [2.24, 2.45) is 0 Å². The Morgan fingerprint density at radius 2 is 1.85 bits per heavy atom. The van der Waals surface area contributed by atoms with E-state index < -0.39 is 10.0 Å². The van der Waals surface area contributed by atoms with Crippen LogP contribution in [0.5, 0.6) is 5.75 Å². The van der Waals surface area contributed by atoms with Crippen molar-refractivity contribution < 1.29 is 17.9 Å². The van der Waals surface area contributed by atoms with Crippen molar-refractivity contribution in [2.45, 2.75) is 38.6 Å². The van der Waals surface area contributed by atoms with Crippen LogP contribution in [0.4, 0.5) is 0 Å². The third-order valence-corrected chi connectivity index (χ3v) is 9.35. The lowest BCUT2D eigenvalue weighted by atomic mass is 10.1. The molecule has 0 amide bonds. The average molecular weight is 592 g/mol. The number of halogens is 1. The number of piperazine rings is 1. The Kier molecular flexibility index (Phi) is 8.47. The molecule has 0 spiro atoms. The van der Waals surface area contributed by atoms with Crippen LogP contribution in [0.1, 0.15) is 27.2 Å². The van der Waals surface area contributed by atoms with Crippen molar-refractivity contribution in [1.29, 1.82) is 0 Å². The smallest absolute Gasteiger partial charge is 0.335 e. The Labute approximate surface area is 237 Å². The molecule has 4 aromatic rings. The number of nitrogens with zero attached hydrogens (tertiary/aromatic N) is 6. The van der Waals surface area contributed by atoms with Gasteiger partial charge in [-0.25, -0.2) is 17.6 Å². The summed E-state index contributed by atoms with van der Waals surface area (Å²) >= 11 is 6.95. The predicted octanol–water partition coefficient (Wildman–Crippen LogP) is 2.84. The number of aromatic amines is 1. The highest BCUT2D eigenvalue weighted by Crippen LogP contribution is 2.40. The lowest BCUT2D eigenvalue weighted by Gasteiger charge is -2.33. The molecule has 0 atom stereocenters. The molecule has 4 heterocycles. The second kappa shape index (κ2) is 11.9. The van der Waals surface area contributed by atoms with E-state index in [4.69, 9.17) is 21.1 Å². The standard InChI is InChI=1S/C26H34ClN7O5S/c1-4-9-33-24-21(27)22(29-23(24)25-30-28-17-34(25)26(33)35)19-16-18(7-8-20(19)39-6-3)40(36,37)32-12-10-31(11-13-32)14-15-38-5-2/h7-8,16-17,29H,4-6,9-15H2,1-3H3. The summed E-state index contributed by atoms with van der Waals surface area (Å²) in [7, 11) is -3.78. The van der Waals surface area contributed by atoms with Crippen molar-refractivity contribution in [2.75, 3.05) is 52.5 Å². The Morgan fingerprint density at radius 3 is 2.55 bits per heavy atom. The molecular weight excluding hydrogens is 558 g/mol. The molecule has 0 bridgehead atoms. The number of rotatable bonds is 11. The van der Waals surface area contributed by atoms with Crippen LogP contribution in [0, 0.1) is 0 Å². The molecule has 3 aromatic heterocycles. The van der Waals surface area contributed by atoms with Crippen LogP contribution in [0.3, 0.4) is 0 Å². The number of hydrogen-bond acceptors (Lipinski definition) is 8. The van der Waals surface area contributed by atoms with E-state index in [0.29, 0.717) is 92.7 Å². The Morgan fingerprint density at radius 1 is 1.07 bits per heavy atom. The molecule has 1 aliphatic rings. The van der Waals surface area contributed by atoms with Gasteiger partial charge in [-0.2, -0.15) is 4.31 Å². The summed E-state index contributed by atoms with van der Waals surface area (Å²) in [6.45, 7) is 10.7. The van der Waals surface area contributed by atoms with E-state index >= 15 is 0 Å². The van der Waals surface area contributed by atoms with Crippen molar-refractivity contribution in [3.05, 3.63) is 40.0 Å². The van der Waals surface area contributed by atoms with Crippen LogP contribution in [-0.4, -0.2) is 94.3 Å². The number of nitrogens with one attached hydrogen (secondary N) is 1. The molecule has 216 valence electrons. The number of hydrogen-bond donors (Lipinski definition) is 1. The van der Waals surface area contributed by atoms with Gasteiger partial charge >= 0.3 is 5.69 Å². The highest BCUT2D eigenvalue weighted by atomic mass is 35.5. The Bertz CT molecular complexity index is 1670. The molecule has 0 saturated carbocycles. The van der Waals surface area contributed by atoms with Gasteiger partial charge in [0.05, 0.1) is 34.3 Å². The highest BCUT2D eigenvalue weighted by Gasteiger charge is 2.30. The van der Waals surface area contributed by atoms with Crippen molar-refractivity contribution >= 4 is 38.3 Å². The summed E-state index contributed by atoms with van der Waals surface area (Å²) in [4.78, 5) is 18.8. The van der Waals surface area contributed by atoms with Gasteiger partial charge in [-0.1, -0.05) is 18.5 Å². The molecule has 1 aliphatic heterocycles. The van der Waals surface area contributed by atoms with Crippen molar-refractivity contribution in [3.8, 4) is 17.0 Å². The molecule has 1 N–H and O–H groups in total. The minimum Gasteiger partial charge on any atom is -0.493 e. The predicted molar refractivity (Wildman–Crippen MR) is 153 cm³/mol. The lowest BCUT2D eigenvalue weighted by Crippen LogP contribution is -2.49. The zero-order valence-electron chi connectivity index (χ0n) is 22.9.